The number of likely N-dealkylation sites (tertiary alicyclic amines) is 1. The molecule has 29 heavy (non-hydrogen) atoms. The molecule has 2 heterocycles. The number of rotatable bonds is 7. The molecule has 0 N–H and O–H groups in total. The van der Waals surface area contributed by atoms with Crippen LogP contribution in [0.4, 0.5) is 4.39 Å². The van der Waals surface area contributed by atoms with Crippen molar-refractivity contribution >= 4 is 5.91 Å². The van der Waals surface area contributed by atoms with E-state index in [1.54, 1.807) is 12.1 Å². The number of halogens is 1. The zero-order valence-corrected chi connectivity index (χ0v) is 16.3. The molecule has 0 radical (unpaired) electrons. The first-order chi connectivity index (χ1) is 14.2. The van der Waals surface area contributed by atoms with Crippen molar-refractivity contribution in [3.05, 3.63) is 71.8 Å². The number of hydrogen-bond donors (Lipinski definition) is 0. The van der Waals surface area contributed by atoms with Gasteiger partial charge in [-0.1, -0.05) is 35.5 Å². The molecule has 6 heteroatoms. The van der Waals surface area contributed by atoms with Gasteiger partial charge in [-0.15, -0.1) is 0 Å². The Kier molecular flexibility index (Phi) is 5.98. The van der Waals surface area contributed by atoms with Gasteiger partial charge in [-0.2, -0.15) is 4.98 Å². The monoisotopic (exact) mass is 393 g/mol. The average molecular weight is 393 g/mol. The molecule has 3 aromatic rings. The number of hydrogen-bond acceptors (Lipinski definition) is 4. The summed E-state index contributed by atoms with van der Waals surface area (Å²) in [6, 6.07) is 16.1. The Labute approximate surface area is 169 Å². The van der Waals surface area contributed by atoms with Crippen LogP contribution < -0.4 is 0 Å². The van der Waals surface area contributed by atoms with Crippen molar-refractivity contribution in [1.82, 2.24) is 15.0 Å². The molecule has 4 rings (SSSR count). The minimum Gasteiger partial charge on any atom is -0.342 e. The number of carbonyl (C=O) groups excluding carboxylic acids is 1. The fourth-order valence-corrected chi connectivity index (χ4v) is 3.75. The van der Waals surface area contributed by atoms with E-state index in [2.05, 4.69) is 22.3 Å². The highest BCUT2D eigenvalue weighted by atomic mass is 19.1. The van der Waals surface area contributed by atoms with Crippen molar-refractivity contribution < 1.29 is 13.7 Å². The van der Waals surface area contributed by atoms with Gasteiger partial charge in [-0.25, -0.2) is 4.39 Å². The summed E-state index contributed by atoms with van der Waals surface area (Å²) >= 11 is 0. The second kappa shape index (κ2) is 8.99. The standard InChI is InChI=1S/C23H24FN3O2/c24-20-10-8-19(9-11-20)23-25-21(26-29-23)12-6-18-14-15-27(16-18)22(28)13-7-17-4-2-1-3-5-17/h1-5,8-11,18H,6-7,12-16H2. The fraction of sp³-hybridized carbons (Fsp3) is 0.348. The predicted molar refractivity (Wildman–Crippen MR) is 107 cm³/mol. The molecule has 2 aromatic carbocycles. The van der Waals surface area contributed by atoms with Gasteiger partial charge >= 0.3 is 0 Å². The largest absolute Gasteiger partial charge is 0.342 e. The van der Waals surface area contributed by atoms with Gasteiger partial charge in [0.25, 0.3) is 5.89 Å². The van der Waals surface area contributed by atoms with E-state index < -0.39 is 0 Å². The molecule has 0 aliphatic carbocycles. The highest BCUT2D eigenvalue weighted by molar-refractivity contribution is 5.76. The first-order valence-corrected chi connectivity index (χ1v) is 10.1. The number of carbonyl (C=O) groups is 1. The highest BCUT2D eigenvalue weighted by Crippen LogP contribution is 2.23. The third-order valence-corrected chi connectivity index (χ3v) is 5.44. The van der Waals surface area contributed by atoms with E-state index in [-0.39, 0.29) is 11.7 Å². The van der Waals surface area contributed by atoms with E-state index in [1.807, 2.05) is 23.1 Å². The molecule has 5 nitrogen and oxygen atoms in total. The lowest BCUT2D eigenvalue weighted by atomic mass is 10.0. The minimum absolute atomic E-state index is 0.231. The summed E-state index contributed by atoms with van der Waals surface area (Å²) in [6.45, 7) is 1.63. The number of benzene rings is 2. The Morgan fingerprint density at radius 2 is 1.90 bits per heavy atom. The summed E-state index contributed by atoms with van der Waals surface area (Å²) in [4.78, 5) is 18.9. The summed E-state index contributed by atoms with van der Waals surface area (Å²) in [7, 11) is 0. The lowest BCUT2D eigenvalue weighted by Gasteiger charge is -2.16. The second-order valence-corrected chi connectivity index (χ2v) is 7.54. The number of aryl methyl sites for hydroxylation is 2. The molecule has 150 valence electrons. The molecular formula is C23H24FN3O2. The molecule has 1 amide bonds. The Bertz CT molecular complexity index is 940. The van der Waals surface area contributed by atoms with Gasteiger partial charge in [0.1, 0.15) is 5.82 Å². The minimum atomic E-state index is -0.294. The molecule has 0 spiro atoms. The van der Waals surface area contributed by atoms with Crippen molar-refractivity contribution in [3.8, 4) is 11.5 Å². The third-order valence-electron chi connectivity index (χ3n) is 5.44. The number of nitrogens with zero attached hydrogens (tertiary/aromatic N) is 3. The maximum atomic E-state index is 13.0. The SMILES string of the molecule is O=C(CCc1ccccc1)N1CCC(CCc2noc(-c3ccc(F)cc3)n2)C1. The molecule has 1 atom stereocenters. The predicted octanol–water partition coefficient (Wildman–Crippen LogP) is 4.29. The van der Waals surface area contributed by atoms with Gasteiger partial charge in [-0.3, -0.25) is 4.79 Å². The lowest BCUT2D eigenvalue weighted by Crippen LogP contribution is -2.28. The van der Waals surface area contributed by atoms with Crippen LogP contribution in [0.2, 0.25) is 0 Å². The molecule has 1 aromatic heterocycles. The molecule has 1 saturated heterocycles. The Hall–Kier alpha value is -3.02. The van der Waals surface area contributed by atoms with Crippen LogP contribution >= 0.6 is 0 Å². The van der Waals surface area contributed by atoms with Gasteiger partial charge in [0.2, 0.25) is 5.91 Å². The van der Waals surface area contributed by atoms with E-state index in [1.165, 1.54) is 17.7 Å². The molecule has 1 fully saturated rings. The van der Waals surface area contributed by atoms with Crippen LogP contribution in [-0.2, 0) is 17.6 Å². The van der Waals surface area contributed by atoms with Crippen molar-refractivity contribution in [2.75, 3.05) is 13.1 Å². The molecular weight excluding hydrogens is 369 g/mol. The average Bonchev–Trinajstić information content (AvgIpc) is 3.42. The van der Waals surface area contributed by atoms with E-state index in [0.717, 1.165) is 32.4 Å². The van der Waals surface area contributed by atoms with Crippen LogP contribution in [0.3, 0.4) is 0 Å². The van der Waals surface area contributed by atoms with Crippen LogP contribution in [0.1, 0.15) is 30.7 Å². The van der Waals surface area contributed by atoms with Gasteiger partial charge in [0.05, 0.1) is 0 Å². The highest BCUT2D eigenvalue weighted by Gasteiger charge is 2.26. The van der Waals surface area contributed by atoms with Gasteiger partial charge < -0.3 is 9.42 Å². The molecule has 1 aliphatic heterocycles. The van der Waals surface area contributed by atoms with Crippen LogP contribution in [0, 0.1) is 11.7 Å². The van der Waals surface area contributed by atoms with Crippen molar-refractivity contribution in [3.63, 3.8) is 0 Å². The fourth-order valence-electron chi connectivity index (χ4n) is 3.75. The van der Waals surface area contributed by atoms with Gasteiger partial charge in [0.15, 0.2) is 5.82 Å². The van der Waals surface area contributed by atoms with E-state index in [4.69, 9.17) is 4.52 Å². The Balaban J connectivity index is 1.23. The first kappa shape index (κ1) is 19.3. The zero-order valence-electron chi connectivity index (χ0n) is 16.3. The summed E-state index contributed by atoms with van der Waals surface area (Å²) in [5.74, 6) is 1.46. The number of aromatic nitrogens is 2. The summed E-state index contributed by atoms with van der Waals surface area (Å²) in [5, 5.41) is 4.03. The Morgan fingerprint density at radius 1 is 1.10 bits per heavy atom. The normalized spacial score (nSPS) is 16.3. The zero-order chi connectivity index (χ0) is 20.1. The van der Waals surface area contributed by atoms with Crippen LogP contribution in [0.15, 0.2) is 59.1 Å². The maximum absolute atomic E-state index is 13.0. The van der Waals surface area contributed by atoms with Crippen LogP contribution in [0.25, 0.3) is 11.5 Å². The molecule has 0 bridgehead atoms. The lowest BCUT2D eigenvalue weighted by molar-refractivity contribution is -0.130. The van der Waals surface area contributed by atoms with E-state index >= 15 is 0 Å². The van der Waals surface area contributed by atoms with E-state index in [0.29, 0.717) is 36.0 Å². The maximum Gasteiger partial charge on any atom is 0.257 e. The molecule has 1 unspecified atom stereocenters. The summed E-state index contributed by atoms with van der Waals surface area (Å²) in [6.07, 6.45) is 3.99. The van der Waals surface area contributed by atoms with Crippen molar-refractivity contribution in [2.24, 2.45) is 5.92 Å². The second-order valence-electron chi connectivity index (χ2n) is 7.54. The first-order valence-electron chi connectivity index (χ1n) is 10.1. The topological polar surface area (TPSA) is 59.2 Å². The third kappa shape index (κ3) is 5.08. The van der Waals surface area contributed by atoms with Gasteiger partial charge in [-0.05, 0) is 55.0 Å². The van der Waals surface area contributed by atoms with Gasteiger partial charge in [0, 0.05) is 31.5 Å². The number of amides is 1. The van der Waals surface area contributed by atoms with Crippen LogP contribution in [0.5, 0.6) is 0 Å². The van der Waals surface area contributed by atoms with Crippen molar-refractivity contribution in [1.29, 1.82) is 0 Å². The summed E-state index contributed by atoms with van der Waals surface area (Å²) < 4.78 is 18.3. The smallest absolute Gasteiger partial charge is 0.257 e. The molecule has 1 aliphatic rings. The summed E-state index contributed by atoms with van der Waals surface area (Å²) in [5.41, 5.74) is 1.91. The quantitative estimate of drug-likeness (QED) is 0.601. The molecule has 0 saturated carbocycles. The van der Waals surface area contributed by atoms with Crippen molar-refractivity contribution in [2.45, 2.75) is 32.1 Å². The van der Waals surface area contributed by atoms with Crippen LogP contribution in [-0.4, -0.2) is 34.0 Å². The Morgan fingerprint density at radius 3 is 2.69 bits per heavy atom. The van der Waals surface area contributed by atoms with E-state index in [9.17, 15) is 9.18 Å².